The molecule has 0 aliphatic carbocycles. The average molecular weight is 639 g/mol. The molecule has 0 radical (unpaired) electrons. The van der Waals surface area contributed by atoms with E-state index in [9.17, 15) is 29.3 Å². The van der Waals surface area contributed by atoms with E-state index < -0.39 is 33.8 Å². The maximum Gasteiger partial charge on any atom is 0.305 e. The molecule has 0 unspecified atom stereocenters. The van der Waals surface area contributed by atoms with Crippen molar-refractivity contribution in [3.8, 4) is 5.75 Å². The van der Waals surface area contributed by atoms with Gasteiger partial charge in [-0.3, -0.25) is 29.3 Å². The molecular formula is C32H22N4O7S2. The van der Waals surface area contributed by atoms with Gasteiger partial charge in [-0.25, -0.2) is 4.90 Å². The van der Waals surface area contributed by atoms with Crippen molar-refractivity contribution in [2.24, 2.45) is 5.92 Å². The van der Waals surface area contributed by atoms with Gasteiger partial charge in [0.2, 0.25) is 11.8 Å². The maximum absolute atomic E-state index is 14.0. The number of anilines is 2. The molecule has 3 heterocycles. The summed E-state index contributed by atoms with van der Waals surface area (Å²) in [5, 5.41) is 15.5. The van der Waals surface area contributed by atoms with Crippen molar-refractivity contribution in [1.82, 2.24) is 4.98 Å². The molecule has 11 nitrogen and oxygen atoms in total. The number of hydrogen-bond acceptors (Lipinski definition) is 9. The number of nitro benzene ring substituents is 1. The first-order valence-electron chi connectivity index (χ1n) is 13.8. The number of nitrogens with one attached hydrogen (secondary N) is 2. The second kappa shape index (κ2) is 11.3. The number of amides is 3. The van der Waals surface area contributed by atoms with E-state index in [0.717, 1.165) is 38.8 Å². The van der Waals surface area contributed by atoms with E-state index in [1.165, 1.54) is 24.3 Å². The Morgan fingerprint density at radius 1 is 0.933 bits per heavy atom. The van der Waals surface area contributed by atoms with Crippen LogP contribution >= 0.6 is 23.1 Å². The summed E-state index contributed by atoms with van der Waals surface area (Å²) >= 11 is 2.08. The lowest BCUT2D eigenvalue weighted by Gasteiger charge is -2.30. The van der Waals surface area contributed by atoms with Gasteiger partial charge in [-0.15, -0.1) is 0 Å². The molecule has 0 spiro atoms. The van der Waals surface area contributed by atoms with Crippen molar-refractivity contribution in [2.75, 3.05) is 16.8 Å². The summed E-state index contributed by atoms with van der Waals surface area (Å²) in [5.41, 5.74) is 1.24. The van der Waals surface area contributed by atoms with E-state index in [-0.39, 0.29) is 28.8 Å². The second-order valence-electron chi connectivity index (χ2n) is 10.4. The monoisotopic (exact) mass is 638 g/mol. The standard InChI is InChI=1S/C32H22N4O7S2/c37-24(33-22-10-5-7-17-6-1-2-8-20(17)22)16-43-23-11-4-3-9-21(23)25-26-28(44-29-27(25)45-32(40)34-29)31(39)35(30(26)38)18-12-14-19(15-13-18)36(41)42/h1-15,25-26,28H,16H2,(H,33,37)(H,34,40)/t25-,26-,28+/m0/s1. The number of H-pyrrole nitrogens is 1. The van der Waals surface area contributed by atoms with E-state index in [1.54, 1.807) is 24.3 Å². The van der Waals surface area contributed by atoms with Gasteiger partial charge in [-0.05, 0) is 29.7 Å². The van der Waals surface area contributed by atoms with Crippen molar-refractivity contribution in [2.45, 2.75) is 16.2 Å². The lowest BCUT2D eigenvalue weighted by Crippen LogP contribution is -2.32. The minimum Gasteiger partial charge on any atom is -0.483 e. The first-order valence-corrected chi connectivity index (χ1v) is 15.5. The van der Waals surface area contributed by atoms with Gasteiger partial charge in [0.05, 0.1) is 21.6 Å². The minimum atomic E-state index is -0.897. The Hall–Kier alpha value is -5.27. The fraction of sp³-hybridized carbons (Fsp3) is 0.125. The molecule has 13 heteroatoms. The molecule has 2 aliphatic rings. The summed E-state index contributed by atoms with van der Waals surface area (Å²) in [6.45, 7) is -0.326. The number of ether oxygens (including phenoxy) is 1. The van der Waals surface area contributed by atoms with E-state index in [4.69, 9.17) is 4.74 Å². The van der Waals surface area contributed by atoms with Gasteiger partial charge in [0.15, 0.2) is 6.61 Å². The third-order valence-electron chi connectivity index (χ3n) is 7.82. The molecular weight excluding hydrogens is 617 g/mol. The number of non-ortho nitro benzene ring substituents is 1. The Bertz CT molecular complexity index is 2070. The Labute approximate surface area is 263 Å². The molecule has 0 saturated carbocycles. The second-order valence-corrected chi connectivity index (χ2v) is 12.6. The lowest BCUT2D eigenvalue weighted by molar-refractivity contribution is -0.384. The SMILES string of the molecule is O=C(COc1ccccc1[C@@H]1c2sc(=O)[nH]c2S[C@H]2C(=O)N(c3ccc([N+](=O)[O-])cc3)C(=O)[C@@H]12)Nc1cccc2ccccc12. The highest BCUT2D eigenvalue weighted by molar-refractivity contribution is 8.00. The molecule has 2 aliphatic heterocycles. The Morgan fingerprint density at radius 3 is 2.47 bits per heavy atom. The number of aromatic amines is 1. The van der Waals surface area contributed by atoms with E-state index >= 15 is 0 Å². The molecule has 7 rings (SSSR count). The van der Waals surface area contributed by atoms with Crippen LogP contribution in [-0.2, 0) is 14.4 Å². The summed E-state index contributed by atoms with van der Waals surface area (Å²) in [6.07, 6.45) is 0. The molecule has 1 saturated heterocycles. The van der Waals surface area contributed by atoms with Crippen LogP contribution in [0.1, 0.15) is 16.4 Å². The first-order chi connectivity index (χ1) is 21.8. The number of carbonyl (C=O) groups excluding carboxylic acids is 3. The van der Waals surface area contributed by atoms with Gasteiger partial charge >= 0.3 is 4.87 Å². The number of benzene rings is 4. The van der Waals surface area contributed by atoms with Crippen LogP contribution in [0, 0.1) is 16.0 Å². The molecule has 45 heavy (non-hydrogen) atoms. The normalized spacial score (nSPS) is 18.8. The molecule has 4 aromatic carbocycles. The van der Waals surface area contributed by atoms with E-state index in [2.05, 4.69) is 10.3 Å². The third kappa shape index (κ3) is 5.05. The number of imide groups is 1. The van der Waals surface area contributed by atoms with Crippen LogP contribution in [0.25, 0.3) is 10.8 Å². The van der Waals surface area contributed by atoms with Crippen LogP contribution in [0.15, 0.2) is 101 Å². The van der Waals surface area contributed by atoms with Gasteiger partial charge in [0.25, 0.3) is 11.6 Å². The number of para-hydroxylation sites is 1. The third-order valence-corrected chi connectivity index (χ3v) is 10.2. The summed E-state index contributed by atoms with van der Waals surface area (Å²) in [7, 11) is 0. The van der Waals surface area contributed by atoms with Gasteiger partial charge in [-0.1, -0.05) is 77.7 Å². The minimum absolute atomic E-state index is 0.169. The number of rotatable bonds is 7. The molecule has 0 bridgehead atoms. The number of hydrogen-bond donors (Lipinski definition) is 2. The topological polar surface area (TPSA) is 152 Å². The lowest BCUT2D eigenvalue weighted by atomic mass is 9.82. The zero-order valence-corrected chi connectivity index (χ0v) is 24.8. The van der Waals surface area contributed by atoms with Crippen molar-refractivity contribution >= 4 is 68.7 Å². The Morgan fingerprint density at radius 2 is 1.67 bits per heavy atom. The molecule has 224 valence electrons. The number of nitrogens with zero attached hydrogens (tertiary/aromatic N) is 2. The summed E-state index contributed by atoms with van der Waals surface area (Å²) < 4.78 is 6.04. The number of aromatic nitrogens is 1. The molecule has 1 fully saturated rings. The molecule has 3 amide bonds. The van der Waals surface area contributed by atoms with Crippen LogP contribution in [0.3, 0.4) is 0 Å². The summed E-state index contributed by atoms with van der Waals surface area (Å²) in [4.78, 5) is 68.0. The largest absolute Gasteiger partial charge is 0.483 e. The quantitative estimate of drug-likeness (QED) is 0.138. The van der Waals surface area contributed by atoms with E-state index in [1.807, 2.05) is 42.5 Å². The maximum atomic E-state index is 14.0. The number of nitro groups is 1. The fourth-order valence-electron chi connectivity index (χ4n) is 5.86. The van der Waals surface area contributed by atoms with Gasteiger partial charge in [0.1, 0.15) is 11.0 Å². The van der Waals surface area contributed by atoms with Crippen molar-refractivity contribution < 1.29 is 24.0 Å². The molecule has 1 aromatic heterocycles. The van der Waals surface area contributed by atoms with Gasteiger partial charge < -0.3 is 15.0 Å². The highest BCUT2D eigenvalue weighted by Crippen LogP contribution is 2.54. The number of fused-ring (bicyclic) bond motifs is 3. The number of carbonyl (C=O) groups is 3. The highest BCUT2D eigenvalue weighted by atomic mass is 32.2. The van der Waals surface area contributed by atoms with Gasteiger partial charge in [0, 0.05) is 39.6 Å². The summed E-state index contributed by atoms with van der Waals surface area (Å²) in [6, 6.07) is 25.5. The smallest absolute Gasteiger partial charge is 0.305 e. The first kappa shape index (κ1) is 28.5. The highest BCUT2D eigenvalue weighted by Gasteiger charge is 2.56. The summed E-state index contributed by atoms with van der Waals surface area (Å²) in [5.74, 6) is -2.66. The predicted octanol–water partition coefficient (Wildman–Crippen LogP) is 5.31. The molecule has 5 aromatic rings. The fourth-order valence-corrected chi connectivity index (χ4v) is 8.37. The zero-order valence-electron chi connectivity index (χ0n) is 23.2. The Balaban J connectivity index is 1.20. The van der Waals surface area contributed by atoms with Crippen molar-refractivity contribution in [1.29, 1.82) is 0 Å². The van der Waals surface area contributed by atoms with Crippen molar-refractivity contribution in [3.63, 3.8) is 0 Å². The average Bonchev–Trinajstić information content (AvgIpc) is 3.54. The van der Waals surface area contributed by atoms with Crippen LogP contribution in [0.4, 0.5) is 17.1 Å². The van der Waals surface area contributed by atoms with Crippen LogP contribution < -0.4 is 19.8 Å². The molecule has 2 N–H and O–H groups in total. The number of thioether (sulfide) groups is 1. The van der Waals surface area contributed by atoms with Crippen LogP contribution in [0.5, 0.6) is 5.75 Å². The van der Waals surface area contributed by atoms with E-state index in [0.29, 0.717) is 26.9 Å². The van der Waals surface area contributed by atoms with Crippen molar-refractivity contribution in [3.05, 3.63) is 121 Å². The van der Waals surface area contributed by atoms with Gasteiger partial charge in [-0.2, -0.15) is 0 Å². The predicted molar refractivity (Wildman–Crippen MR) is 170 cm³/mol. The van der Waals surface area contributed by atoms with Crippen LogP contribution in [0.2, 0.25) is 0 Å². The Kier molecular flexibility index (Phi) is 7.18. The molecule has 3 atom stereocenters. The zero-order chi connectivity index (χ0) is 31.2. The number of thiazole rings is 1. The van der Waals surface area contributed by atoms with Crippen LogP contribution in [-0.4, -0.2) is 39.5 Å².